The molecule has 2 heterocycles. The van der Waals surface area contributed by atoms with Crippen LogP contribution >= 0.6 is 11.8 Å². The van der Waals surface area contributed by atoms with E-state index in [4.69, 9.17) is 9.47 Å². The van der Waals surface area contributed by atoms with Crippen LogP contribution in [-0.4, -0.2) is 72.2 Å². The van der Waals surface area contributed by atoms with Crippen LogP contribution in [0.4, 0.5) is 13.2 Å². The molecule has 2 amide bonds. The summed E-state index contributed by atoms with van der Waals surface area (Å²) >= 11 is 1.76. The second-order valence-electron chi connectivity index (χ2n) is 12.1. The van der Waals surface area contributed by atoms with E-state index in [1.165, 1.54) is 22.6 Å². The largest absolute Gasteiger partial charge is 0.497 e. The van der Waals surface area contributed by atoms with Crippen molar-refractivity contribution < 1.29 is 32.2 Å². The van der Waals surface area contributed by atoms with Gasteiger partial charge in [-0.3, -0.25) is 14.6 Å². The van der Waals surface area contributed by atoms with Crippen LogP contribution in [-0.2, 0) is 17.4 Å². The highest BCUT2D eigenvalue weighted by Gasteiger charge is 2.34. The van der Waals surface area contributed by atoms with Gasteiger partial charge in [0.05, 0.1) is 26.0 Å². The van der Waals surface area contributed by atoms with E-state index in [2.05, 4.69) is 29.3 Å². The number of halogens is 3. The second-order valence-corrected chi connectivity index (χ2v) is 13.3. The molecule has 254 valence electrons. The maximum Gasteiger partial charge on any atom is 0.416 e. The number of aromatic nitrogens is 1. The molecule has 3 atom stereocenters. The number of methoxy groups -OCH3 is 2. The average molecular weight is 680 g/mol. The summed E-state index contributed by atoms with van der Waals surface area (Å²) < 4.78 is 49.8. The smallest absolute Gasteiger partial charge is 0.416 e. The highest BCUT2D eigenvalue weighted by molar-refractivity contribution is 8.03. The minimum Gasteiger partial charge on any atom is -0.497 e. The van der Waals surface area contributed by atoms with Crippen molar-refractivity contribution >= 4 is 23.6 Å². The fourth-order valence-electron chi connectivity index (χ4n) is 6.21. The van der Waals surface area contributed by atoms with Crippen molar-refractivity contribution in [2.24, 2.45) is 5.92 Å². The predicted octanol–water partition coefficient (Wildman–Crippen LogP) is 7.40. The molecule has 2 aromatic carbocycles. The van der Waals surface area contributed by atoms with Gasteiger partial charge in [0.2, 0.25) is 5.91 Å². The molecule has 0 N–H and O–H groups in total. The number of carbonyl (C=O) groups excluding carboxylic acids is 2. The van der Waals surface area contributed by atoms with Gasteiger partial charge in [-0.2, -0.15) is 13.2 Å². The summed E-state index contributed by atoms with van der Waals surface area (Å²) in [6.45, 7) is 4.88. The Labute approximate surface area is 283 Å². The molecule has 0 spiro atoms. The molecule has 48 heavy (non-hydrogen) atoms. The molecule has 0 saturated carbocycles. The molecule has 0 bridgehead atoms. The van der Waals surface area contributed by atoms with Crippen molar-refractivity contribution in [3.63, 3.8) is 0 Å². The Morgan fingerprint density at radius 1 is 1.00 bits per heavy atom. The summed E-state index contributed by atoms with van der Waals surface area (Å²) in [7, 11) is 3.30. The Morgan fingerprint density at radius 3 is 2.38 bits per heavy atom. The van der Waals surface area contributed by atoms with E-state index in [1.807, 2.05) is 32.0 Å². The van der Waals surface area contributed by atoms with Gasteiger partial charge in [0.25, 0.3) is 5.91 Å². The number of hydrogen-bond acceptors (Lipinski definition) is 6. The van der Waals surface area contributed by atoms with Crippen molar-refractivity contribution in [1.82, 2.24) is 14.8 Å². The van der Waals surface area contributed by atoms with Gasteiger partial charge in [-0.25, -0.2) is 0 Å². The first-order valence-corrected chi connectivity index (χ1v) is 16.9. The van der Waals surface area contributed by atoms with Gasteiger partial charge in [0.15, 0.2) is 0 Å². The SMILES string of the molecule is COc1ccc(C2C(Cc3ccncc3OC)=CC=C2SCCC(C)C(=O)N2CCN(C(=O)c3ccc(C(F)(F)F)cc3)C(C)C2)cc1. The average Bonchev–Trinajstić information content (AvgIpc) is 3.49. The Hall–Kier alpha value is -4.25. The molecule has 2 aliphatic rings. The minimum atomic E-state index is -4.46. The minimum absolute atomic E-state index is 0.0415. The first kappa shape index (κ1) is 35.1. The lowest BCUT2D eigenvalue weighted by Gasteiger charge is -2.40. The second kappa shape index (κ2) is 15.3. The fraction of sp³-hybridized carbons (Fsp3) is 0.378. The highest BCUT2D eigenvalue weighted by atomic mass is 32.2. The number of pyridine rings is 1. The first-order valence-electron chi connectivity index (χ1n) is 15.9. The van der Waals surface area contributed by atoms with E-state index < -0.39 is 11.7 Å². The Balaban J connectivity index is 1.17. The molecule has 1 aliphatic heterocycles. The maximum atomic E-state index is 13.5. The molecule has 0 radical (unpaired) electrons. The summed E-state index contributed by atoms with van der Waals surface area (Å²) in [5.74, 6) is 1.87. The number of benzene rings is 2. The molecule has 11 heteroatoms. The predicted molar refractivity (Wildman–Crippen MR) is 181 cm³/mol. The van der Waals surface area contributed by atoms with Gasteiger partial charge in [-0.15, -0.1) is 11.8 Å². The van der Waals surface area contributed by atoms with Crippen LogP contribution in [0.15, 0.2) is 89.6 Å². The van der Waals surface area contributed by atoms with E-state index in [0.29, 0.717) is 32.5 Å². The third kappa shape index (κ3) is 8.06. The number of hydrogen-bond donors (Lipinski definition) is 0. The number of carbonyl (C=O) groups is 2. The monoisotopic (exact) mass is 679 g/mol. The number of nitrogens with zero attached hydrogens (tertiary/aromatic N) is 3. The fourth-order valence-corrected chi connectivity index (χ4v) is 7.53. The molecule has 1 aromatic heterocycles. The third-order valence-electron chi connectivity index (χ3n) is 8.95. The molecule has 1 fully saturated rings. The van der Waals surface area contributed by atoms with Crippen LogP contribution in [0.3, 0.4) is 0 Å². The normalized spacial score (nSPS) is 18.6. The summed E-state index contributed by atoms with van der Waals surface area (Å²) in [6.07, 6.45) is 4.78. The van der Waals surface area contributed by atoms with Crippen molar-refractivity contribution in [2.75, 3.05) is 39.6 Å². The summed E-state index contributed by atoms with van der Waals surface area (Å²) in [4.78, 5) is 35.4. The molecular weight excluding hydrogens is 639 g/mol. The number of piperazine rings is 1. The number of ether oxygens (including phenoxy) is 2. The standard InChI is InChI=1S/C37H40F3N3O4S/c1-24(35(44)42-18-19-43(25(2)23-42)36(45)27-5-10-30(11-6-27)37(38,39)40)16-20-48-33-14-9-29(21-28-15-17-41-22-32(28)47-4)34(33)26-7-12-31(46-3)13-8-26/h5-15,17,22,24-25,34H,16,18-21,23H2,1-4H3. The van der Waals surface area contributed by atoms with Crippen LogP contribution in [0.2, 0.25) is 0 Å². The van der Waals surface area contributed by atoms with Gasteiger partial charge < -0.3 is 19.3 Å². The number of alkyl halides is 3. The van der Waals surface area contributed by atoms with E-state index in [1.54, 1.807) is 48.2 Å². The Bertz CT molecular complexity index is 1660. The summed E-state index contributed by atoms with van der Waals surface area (Å²) in [5.41, 5.74) is 2.87. The molecule has 3 aromatic rings. The lowest BCUT2D eigenvalue weighted by atomic mass is 9.89. The summed E-state index contributed by atoms with van der Waals surface area (Å²) in [5, 5.41) is 0. The number of allylic oxidation sites excluding steroid dienone is 4. The number of thioether (sulfide) groups is 1. The van der Waals surface area contributed by atoms with Crippen molar-refractivity contribution in [2.45, 2.75) is 44.8 Å². The third-order valence-corrected chi connectivity index (χ3v) is 10.1. The quantitative estimate of drug-likeness (QED) is 0.210. The van der Waals surface area contributed by atoms with Gasteiger partial charge in [0.1, 0.15) is 11.5 Å². The highest BCUT2D eigenvalue weighted by Crippen LogP contribution is 2.45. The first-order chi connectivity index (χ1) is 23.0. The molecule has 1 aliphatic carbocycles. The lowest BCUT2D eigenvalue weighted by Crippen LogP contribution is -2.56. The van der Waals surface area contributed by atoms with Gasteiger partial charge in [0, 0.05) is 54.8 Å². The topological polar surface area (TPSA) is 72.0 Å². The van der Waals surface area contributed by atoms with Crippen LogP contribution in [0.1, 0.15) is 53.2 Å². The van der Waals surface area contributed by atoms with Crippen molar-refractivity contribution in [1.29, 1.82) is 0 Å². The van der Waals surface area contributed by atoms with Crippen LogP contribution in [0, 0.1) is 5.92 Å². The van der Waals surface area contributed by atoms with Crippen LogP contribution in [0.25, 0.3) is 0 Å². The van der Waals surface area contributed by atoms with Crippen LogP contribution in [0.5, 0.6) is 11.5 Å². The van der Waals surface area contributed by atoms with Gasteiger partial charge in [-0.1, -0.05) is 36.8 Å². The zero-order valence-corrected chi connectivity index (χ0v) is 28.3. The lowest BCUT2D eigenvalue weighted by molar-refractivity contribution is -0.138. The van der Waals surface area contributed by atoms with Crippen LogP contribution < -0.4 is 9.47 Å². The zero-order valence-electron chi connectivity index (χ0n) is 27.5. The van der Waals surface area contributed by atoms with E-state index in [0.717, 1.165) is 40.5 Å². The Kier molecular flexibility index (Phi) is 11.2. The van der Waals surface area contributed by atoms with Crippen molar-refractivity contribution in [3.05, 3.63) is 112 Å². The molecule has 3 unspecified atom stereocenters. The van der Waals surface area contributed by atoms with E-state index in [9.17, 15) is 22.8 Å². The van der Waals surface area contributed by atoms with E-state index >= 15 is 0 Å². The molecule has 1 saturated heterocycles. The number of rotatable bonds is 11. The Morgan fingerprint density at radius 2 is 1.73 bits per heavy atom. The van der Waals surface area contributed by atoms with Gasteiger partial charge >= 0.3 is 6.18 Å². The van der Waals surface area contributed by atoms with Gasteiger partial charge in [-0.05, 0) is 78.5 Å². The molecule has 7 nitrogen and oxygen atoms in total. The molecular formula is C37H40F3N3O4S. The maximum absolute atomic E-state index is 13.5. The number of amides is 2. The molecule has 5 rings (SSSR count). The van der Waals surface area contributed by atoms with Crippen molar-refractivity contribution in [3.8, 4) is 11.5 Å². The summed E-state index contributed by atoms with van der Waals surface area (Å²) in [6, 6.07) is 14.1. The van der Waals surface area contributed by atoms with E-state index in [-0.39, 0.29) is 35.3 Å². The zero-order chi connectivity index (χ0) is 34.4.